The molecule has 27 heavy (non-hydrogen) atoms. The lowest BCUT2D eigenvalue weighted by atomic mass is 10.2. The lowest BCUT2D eigenvalue weighted by Crippen LogP contribution is -2.19. The minimum atomic E-state index is -3.51. The van der Waals surface area contributed by atoms with E-state index in [0.29, 0.717) is 30.4 Å². The highest BCUT2D eigenvalue weighted by Gasteiger charge is 2.19. The van der Waals surface area contributed by atoms with Crippen LogP contribution in [0.2, 0.25) is 0 Å². The zero-order valence-corrected chi connectivity index (χ0v) is 16.8. The molecular formula is C19H21NO5S2. The second kappa shape index (κ2) is 8.22. The Morgan fingerprint density at radius 2 is 1.74 bits per heavy atom. The van der Waals surface area contributed by atoms with Gasteiger partial charge in [0.2, 0.25) is 5.91 Å². The first-order valence-corrected chi connectivity index (χ1v) is 11.3. The fraction of sp³-hybridized carbons (Fsp3) is 0.316. The molecule has 1 amide bonds. The smallest absolute Gasteiger partial charge is 0.225 e. The highest BCUT2D eigenvalue weighted by atomic mass is 32.2. The molecule has 2 aromatic carbocycles. The molecule has 0 bridgehead atoms. The number of carbonyl (C=O) groups is 1. The number of anilines is 1. The fourth-order valence-electron chi connectivity index (χ4n) is 2.64. The molecule has 1 heterocycles. The molecule has 1 aliphatic heterocycles. The number of hydrogen-bond acceptors (Lipinski definition) is 6. The molecule has 0 saturated heterocycles. The van der Waals surface area contributed by atoms with Crippen LogP contribution in [0.3, 0.4) is 0 Å². The zero-order valence-electron chi connectivity index (χ0n) is 15.2. The molecule has 0 unspecified atom stereocenters. The Bertz CT molecular complexity index is 939. The van der Waals surface area contributed by atoms with Crippen LogP contribution < -0.4 is 14.8 Å². The number of nitrogens with one attached hydrogen (secondary N) is 1. The summed E-state index contributed by atoms with van der Waals surface area (Å²) in [6.45, 7) is 2.83. The Labute approximate surface area is 163 Å². The molecule has 0 atom stereocenters. The first-order chi connectivity index (χ1) is 12.9. The van der Waals surface area contributed by atoms with Crippen molar-refractivity contribution in [3.05, 3.63) is 42.0 Å². The van der Waals surface area contributed by atoms with Gasteiger partial charge in [-0.15, -0.1) is 11.8 Å². The summed E-state index contributed by atoms with van der Waals surface area (Å²) in [7, 11) is -3.51. The van der Waals surface area contributed by atoms with Gasteiger partial charge in [-0.1, -0.05) is 17.7 Å². The molecule has 1 N–H and O–H groups in total. The summed E-state index contributed by atoms with van der Waals surface area (Å²) in [6, 6.07) is 10.1. The maximum Gasteiger partial charge on any atom is 0.225 e. The Morgan fingerprint density at radius 1 is 1.11 bits per heavy atom. The van der Waals surface area contributed by atoms with Gasteiger partial charge in [-0.25, -0.2) is 8.42 Å². The molecule has 144 valence electrons. The molecule has 0 aromatic heterocycles. The summed E-state index contributed by atoms with van der Waals surface area (Å²) >= 11 is 1.46. The summed E-state index contributed by atoms with van der Waals surface area (Å²) < 4.78 is 35.9. The van der Waals surface area contributed by atoms with Gasteiger partial charge in [0.1, 0.15) is 13.2 Å². The summed E-state index contributed by atoms with van der Waals surface area (Å²) in [5.41, 5.74) is 1.57. The third kappa shape index (κ3) is 4.75. The van der Waals surface area contributed by atoms with E-state index in [-0.39, 0.29) is 23.0 Å². The summed E-state index contributed by atoms with van der Waals surface area (Å²) in [5.74, 6) is 0.603. The Kier molecular flexibility index (Phi) is 5.96. The van der Waals surface area contributed by atoms with Crippen LogP contribution in [0, 0.1) is 6.92 Å². The van der Waals surface area contributed by atoms with E-state index < -0.39 is 9.84 Å². The molecule has 2 aromatic rings. The number of ether oxygens (including phenoxy) is 2. The quantitative estimate of drug-likeness (QED) is 0.740. The topological polar surface area (TPSA) is 81.7 Å². The molecule has 0 spiro atoms. The van der Waals surface area contributed by atoms with Crippen LogP contribution in [0.1, 0.15) is 12.0 Å². The predicted octanol–water partition coefficient (Wildman–Crippen LogP) is 3.29. The van der Waals surface area contributed by atoms with Gasteiger partial charge in [0.15, 0.2) is 21.3 Å². The largest absolute Gasteiger partial charge is 0.486 e. The van der Waals surface area contributed by atoms with Crippen LogP contribution in [0.5, 0.6) is 11.5 Å². The van der Waals surface area contributed by atoms with Crippen molar-refractivity contribution < 1.29 is 22.7 Å². The number of rotatable bonds is 6. The summed E-state index contributed by atoms with van der Waals surface area (Å²) in [6.07, 6.45) is 1.77. The number of carbonyl (C=O) groups excluding carboxylic acids is 1. The van der Waals surface area contributed by atoms with Crippen LogP contribution in [0.15, 0.2) is 46.2 Å². The van der Waals surface area contributed by atoms with Crippen molar-refractivity contribution in [3.8, 4) is 11.5 Å². The van der Waals surface area contributed by atoms with E-state index in [1.807, 2.05) is 19.2 Å². The maximum absolute atomic E-state index is 12.4. The normalized spacial score (nSPS) is 13.3. The highest BCUT2D eigenvalue weighted by Crippen LogP contribution is 2.39. The Balaban J connectivity index is 1.68. The molecule has 1 aliphatic rings. The lowest BCUT2D eigenvalue weighted by Gasteiger charge is -2.21. The van der Waals surface area contributed by atoms with Crippen LogP contribution in [-0.2, 0) is 14.6 Å². The highest BCUT2D eigenvalue weighted by molar-refractivity contribution is 7.98. The van der Waals surface area contributed by atoms with Crippen molar-refractivity contribution in [1.82, 2.24) is 0 Å². The van der Waals surface area contributed by atoms with Crippen molar-refractivity contribution >= 4 is 33.2 Å². The molecule has 0 aliphatic carbocycles. The van der Waals surface area contributed by atoms with E-state index in [4.69, 9.17) is 9.47 Å². The van der Waals surface area contributed by atoms with Crippen LogP contribution in [-0.4, -0.2) is 39.5 Å². The van der Waals surface area contributed by atoms with Gasteiger partial charge in [-0.05, 0) is 31.4 Å². The average molecular weight is 408 g/mol. The fourth-order valence-corrected chi connectivity index (χ4v) is 4.44. The Morgan fingerprint density at radius 3 is 2.37 bits per heavy atom. The molecule has 0 fully saturated rings. The number of amides is 1. The molecule has 0 saturated carbocycles. The minimum Gasteiger partial charge on any atom is -0.486 e. The van der Waals surface area contributed by atoms with Gasteiger partial charge in [-0.2, -0.15) is 0 Å². The number of aryl methyl sites for hydroxylation is 1. The number of fused-ring (bicyclic) bond motifs is 1. The molecule has 8 heteroatoms. The van der Waals surface area contributed by atoms with Gasteiger partial charge in [0, 0.05) is 17.4 Å². The number of thioether (sulfide) groups is 1. The zero-order chi connectivity index (χ0) is 19.4. The monoisotopic (exact) mass is 407 g/mol. The standard InChI is InChI=1S/C19H21NO5S2/c1-13-3-5-14(6-4-13)27(22,23)10-7-19(21)20-15-11-16-17(12-18(15)26-2)25-9-8-24-16/h3-6,11-12H,7-10H2,1-2H3,(H,20,21). The maximum atomic E-state index is 12.4. The summed E-state index contributed by atoms with van der Waals surface area (Å²) in [5, 5.41) is 2.78. The van der Waals surface area contributed by atoms with E-state index >= 15 is 0 Å². The van der Waals surface area contributed by atoms with Gasteiger partial charge in [0.05, 0.1) is 16.3 Å². The van der Waals surface area contributed by atoms with E-state index in [0.717, 1.165) is 10.5 Å². The van der Waals surface area contributed by atoms with E-state index in [2.05, 4.69) is 5.32 Å². The van der Waals surface area contributed by atoms with Crippen molar-refractivity contribution in [3.63, 3.8) is 0 Å². The number of hydrogen-bond donors (Lipinski definition) is 1. The first-order valence-electron chi connectivity index (χ1n) is 8.46. The third-order valence-electron chi connectivity index (χ3n) is 4.12. The van der Waals surface area contributed by atoms with Crippen LogP contribution in [0.4, 0.5) is 5.69 Å². The summed E-state index contributed by atoms with van der Waals surface area (Å²) in [4.78, 5) is 13.4. The Hall–Kier alpha value is -2.19. The van der Waals surface area contributed by atoms with Crippen molar-refractivity contribution in [2.45, 2.75) is 23.1 Å². The number of benzene rings is 2. The van der Waals surface area contributed by atoms with Gasteiger partial charge in [-0.3, -0.25) is 4.79 Å². The predicted molar refractivity (Wildman–Crippen MR) is 106 cm³/mol. The van der Waals surface area contributed by atoms with Crippen LogP contribution >= 0.6 is 11.8 Å². The third-order valence-corrected chi connectivity index (χ3v) is 6.63. The van der Waals surface area contributed by atoms with Gasteiger partial charge >= 0.3 is 0 Å². The minimum absolute atomic E-state index is 0.127. The second-order valence-corrected chi connectivity index (χ2v) is 9.08. The van der Waals surface area contributed by atoms with E-state index in [1.54, 1.807) is 30.3 Å². The van der Waals surface area contributed by atoms with Crippen molar-refractivity contribution in [2.24, 2.45) is 0 Å². The van der Waals surface area contributed by atoms with Crippen LogP contribution in [0.25, 0.3) is 0 Å². The van der Waals surface area contributed by atoms with E-state index in [1.165, 1.54) is 11.8 Å². The number of sulfone groups is 1. The van der Waals surface area contributed by atoms with Crippen molar-refractivity contribution in [1.29, 1.82) is 0 Å². The average Bonchev–Trinajstić information content (AvgIpc) is 2.66. The van der Waals surface area contributed by atoms with Gasteiger partial charge < -0.3 is 14.8 Å². The van der Waals surface area contributed by atoms with E-state index in [9.17, 15) is 13.2 Å². The van der Waals surface area contributed by atoms with Crippen molar-refractivity contribution in [2.75, 3.05) is 30.5 Å². The SMILES string of the molecule is CSc1cc2c(cc1NC(=O)CCS(=O)(=O)c1ccc(C)cc1)OCCO2. The lowest BCUT2D eigenvalue weighted by molar-refractivity contribution is -0.115. The second-order valence-electron chi connectivity index (χ2n) is 6.13. The first kappa shape index (κ1) is 19.6. The molecule has 0 radical (unpaired) electrons. The van der Waals surface area contributed by atoms with Gasteiger partial charge in [0.25, 0.3) is 0 Å². The molecular weight excluding hydrogens is 386 g/mol. The molecule has 6 nitrogen and oxygen atoms in total. The molecule has 3 rings (SSSR count).